The molecule has 0 fully saturated rings. The van der Waals surface area contributed by atoms with E-state index in [0.717, 1.165) is 11.8 Å². The van der Waals surface area contributed by atoms with Gasteiger partial charge in [0.1, 0.15) is 5.71 Å². The Bertz CT molecular complexity index is 875. The summed E-state index contributed by atoms with van der Waals surface area (Å²) in [4.78, 5) is 17.8. The summed E-state index contributed by atoms with van der Waals surface area (Å²) in [5, 5.41) is 6.55. The zero-order chi connectivity index (χ0) is 17.2. The minimum absolute atomic E-state index is 0.200. The van der Waals surface area contributed by atoms with Crippen LogP contribution in [0.5, 0.6) is 0 Å². The van der Waals surface area contributed by atoms with Crippen LogP contribution in [0, 0.1) is 0 Å². The number of rotatable bonds is 4. The highest BCUT2D eigenvalue weighted by Gasteiger charge is 2.27. The van der Waals surface area contributed by atoms with Crippen LogP contribution in [0.25, 0.3) is 0 Å². The second-order valence-electron chi connectivity index (χ2n) is 5.50. The summed E-state index contributed by atoms with van der Waals surface area (Å²) in [5.74, 6) is -0.361. The molecule has 0 aliphatic carbocycles. The van der Waals surface area contributed by atoms with Crippen LogP contribution < -0.4 is 5.32 Å². The van der Waals surface area contributed by atoms with Crippen LogP contribution in [0.4, 0.5) is 5.69 Å². The number of hydrogen-bond acceptors (Lipinski definition) is 5. The average Bonchev–Trinajstić information content (AvgIpc) is 3.05. The molecule has 6 nitrogen and oxygen atoms in total. The van der Waals surface area contributed by atoms with Gasteiger partial charge < -0.3 is 10.2 Å². The maximum absolute atomic E-state index is 12.2. The van der Waals surface area contributed by atoms with E-state index in [-0.39, 0.29) is 16.9 Å². The topological polar surface area (TPSA) is 84.8 Å². The number of sulfone groups is 1. The van der Waals surface area contributed by atoms with Gasteiger partial charge in [0.15, 0.2) is 15.9 Å². The smallest absolute Gasteiger partial charge is 0.273 e. The number of nitrogens with one attached hydrogen (secondary N) is 1. The molecule has 3 rings (SSSR count). The molecule has 1 amide bonds. The summed E-state index contributed by atoms with van der Waals surface area (Å²) in [6.45, 7) is 0. The number of carbonyl (C=O) groups excluding carboxylic acids is 1. The second-order valence-corrected chi connectivity index (χ2v) is 7.51. The van der Waals surface area contributed by atoms with Gasteiger partial charge >= 0.3 is 0 Å². The van der Waals surface area contributed by atoms with E-state index in [0.29, 0.717) is 17.8 Å². The predicted octanol–water partition coefficient (Wildman–Crippen LogP) is 2.55. The number of amides is 1. The Morgan fingerprint density at radius 2 is 1.79 bits per heavy atom. The third kappa shape index (κ3) is 3.62. The van der Waals surface area contributed by atoms with Crippen LogP contribution in [0.1, 0.15) is 18.1 Å². The van der Waals surface area contributed by atoms with Crippen LogP contribution in [-0.4, -0.2) is 26.3 Å². The minimum Gasteiger partial charge on any atom is -0.387 e. The summed E-state index contributed by atoms with van der Waals surface area (Å²) in [5.41, 5.74) is 1.76. The minimum atomic E-state index is -3.26. The summed E-state index contributed by atoms with van der Waals surface area (Å²) in [6.07, 6.45) is 1.26. The van der Waals surface area contributed by atoms with E-state index in [1.54, 1.807) is 12.1 Å². The molecular weight excluding hydrogens is 328 g/mol. The number of benzene rings is 2. The van der Waals surface area contributed by atoms with Crippen LogP contribution in [-0.2, 0) is 19.5 Å². The highest BCUT2D eigenvalue weighted by Crippen LogP contribution is 2.27. The summed E-state index contributed by atoms with van der Waals surface area (Å²) >= 11 is 0. The number of carbonyl (C=O) groups is 1. The van der Waals surface area contributed by atoms with Gasteiger partial charge in [0.25, 0.3) is 5.91 Å². The van der Waals surface area contributed by atoms with E-state index in [2.05, 4.69) is 10.5 Å². The molecule has 0 aromatic heterocycles. The van der Waals surface area contributed by atoms with E-state index < -0.39 is 9.84 Å². The first kappa shape index (κ1) is 16.2. The van der Waals surface area contributed by atoms with Crippen LogP contribution in [0.2, 0.25) is 0 Å². The molecule has 1 heterocycles. The highest BCUT2D eigenvalue weighted by molar-refractivity contribution is 7.90. The lowest BCUT2D eigenvalue weighted by molar-refractivity contribution is -0.110. The number of anilines is 1. The van der Waals surface area contributed by atoms with Crippen LogP contribution in [0.15, 0.2) is 64.6 Å². The van der Waals surface area contributed by atoms with Crippen molar-refractivity contribution in [2.45, 2.75) is 17.4 Å². The number of oxime groups is 1. The lowest BCUT2D eigenvalue weighted by atomic mass is 10.0. The molecule has 24 heavy (non-hydrogen) atoms. The van der Waals surface area contributed by atoms with Crippen molar-refractivity contribution in [1.29, 1.82) is 0 Å². The maximum Gasteiger partial charge on any atom is 0.273 e. The van der Waals surface area contributed by atoms with Crippen molar-refractivity contribution in [3.63, 3.8) is 0 Å². The molecular formula is C17H16N2O4S. The molecule has 2 aromatic carbocycles. The Balaban J connectivity index is 1.64. The Kier molecular flexibility index (Phi) is 4.35. The molecule has 7 heteroatoms. The van der Waals surface area contributed by atoms with Gasteiger partial charge in [-0.15, -0.1) is 0 Å². The molecule has 0 unspecified atom stereocenters. The third-order valence-corrected chi connectivity index (χ3v) is 4.77. The van der Waals surface area contributed by atoms with E-state index in [4.69, 9.17) is 4.84 Å². The Labute approximate surface area is 140 Å². The fourth-order valence-electron chi connectivity index (χ4n) is 2.35. The number of nitrogens with zero attached hydrogens (tertiary/aromatic N) is 1. The molecule has 2 aromatic rings. The molecule has 0 bridgehead atoms. The van der Waals surface area contributed by atoms with Gasteiger partial charge in [0, 0.05) is 18.4 Å². The molecule has 1 aliphatic heterocycles. The van der Waals surface area contributed by atoms with E-state index in [9.17, 15) is 13.2 Å². The molecule has 1 N–H and O–H groups in total. The monoisotopic (exact) mass is 344 g/mol. The second kappa shape index (κ2) is 6.45. The molecule has 1 aliphatic rings. The Hall–Kier alpha value is -2.67. The Morgan fingerprint density at radius 1 is 1.12 bits per heavy atom. The fraction of sp³-hybridized carbons (Fsp3) is 0.176. The normalized spacial score (nSPS) is 17.0. The molecule has 1 atom stereocenters. The van der Waals surface area contributed by atoms with Crippen molar-refractivity contribution in [3.05, 3.63) is 60.2 Å². The first-order valence-corrected chi connectivity index (χ1v) is 9.22. The lowest BCUT2D eigenvalue weighted by Gasteiger charge is -2.07. The van der Waals surface area contributed by atoms with E-state index >= 15 is 0 Å². The SMILES string of the molecule is CS(=O)(=O)c1ccc(NC(=O)C2=NO[C@@H](c3ccccc3)C2)cc1. The van der Waals surface area contributed by atoms with Gasteiger partial charge in [0.2, 0.25) is 0 Å². The zero-order valence-electron chi connectivity index (χ0n) is 13.0. The van der Waals surface area contributed by atoms with Crippen molar-refractivity contribution < 1.29 is 18.0 Å². The van der Waals surface area contributed by atoms with Crippen LogP contribution in [0.3, 0.4) is 0 Å². The molecule has 0 radical (unpaired) electrons. The van der Waals surface area contributed by atoms with Gasteiger partial charge in [-0.2, -0.15) is 0 Å². The Morgan fingerprint density at radius 3 is 2.42 bits per heavy atom. The van der Waals surface area contributed by atoms with Gasteiger partial charge in [-0.05, 0) is 29.8 Å². The van der Waals surface area contributed by atoms with Gasteiger partial charge in [-0.3, -0.25) is 4.79 Å². The molecule has 0 saturated carbocycles. The van der Waals surface area contributed by atoms with Crippen molar-refractivity contribution in [3.8, 4) is 0 Å². The molecule has 0 saturated heterocycles. The lowest BCUT2D eigenvalue weighted by Crippen LogP contribution is -2.21. The van der Waals surface area contributed by atoms with Crippen molar-refractivity contribution in [2.24, 2.45) is 5.16 Å². The van der Waals surface area contributed by atoms with Crippen molar-refractivity contribution >= 4 is 27.1 Å². The predicted molar refractivity (Wildman–Crippen MR) is 90.5 cm³/mol. The quantitative estimate of drug-likeness (QED) is 0.924. The van der Waals surface area contributed by atoms with Gasteiger partial charge in [-0.25, -0.2) is 8.42 Å². The summed E-state index contributed by atoms with van der Waals surface area (Å²) in [7, 11) is -3.26. The standard InChI is InChI=1S/C17H16N2O4S/c1-24(21,22)14-9-7-13(8-10-14)18-17(20)15-11-16(23-19-15)12-5-3-2-4-6-12/h2-10,16H,11H2,1H3,(H,18,20)/t16-/m1/s1. The number of hydrogen-bond donors (Lipinski definition) is 1. The van der Waals surface area contributed by atoms with E-state index in [1.807, 2.05) is 30.3 Å². The maximum atomic E-state index is 12.2. The van der Waals surface area contributed by atoms with Crippen LogP contribution >= 0.6 is 0 Å². The molecule has 124 valence electrons. The van der Waals surface area contributed by atoms with E-state index in [1.165, 1.54) is 12.1 Å². The highest BCUT2D eigenvalue weighted by atomic mass is 32.2. The van der Waals surface area contributed by atoms with Crippen molar-refractivity contribution in [1.82, 2.24) is 0 Å². The first-order valence-electron chi connectivity index (χ1n) is 7.32. The molecule has 0 spiro atoms. The van der Waals surface area contributed by atoms with Gasteiger partial charge in [0.05, 0.1) is 4.90 Å². The largest absolute Gasteiger partial charge is 0.387 e. The summed E-state index contributed by atoms with van der Waals surface area (Å²) < 4.78 is 22.8. The average molecular weight is 344 g/mol. The zero-order valence-corrected chi connectivity index (χ0v) is 13.8. The fourth-order valence-corrected chi connectivity index (χ4v) is 2.98. The van der Waals surface area contributed by atoms with Crippen molar-refractivity contribution in [2.75, 3.05) is 11.6 Å². The first-order chi connectivity index (χ1) is 11.4. The van der Waals surface area contributed by atoms with Gasteiger partial charge in [-0.1, -0.05) is 35.5 Å². The summed E-state index contributed by atoms with van der Waals surface area (Å²) in [6, 6.07) is 15.5. The third-order valence-electron chi connectivity index (χ3n) is 3.64.